The maximum Gasteiger partial charge on any atom is 0.253 e. The molecule has 3 aromatic heterocycles. The highest BCUT2D eigenvalue weighted by Crippen LogP contribution is 2.30. The van der Waals surface area contributed by atoms with E-state index in [1.54, 1.807) is 28.7 Å². The maximum atomic E-state index is 12.6. The molecule has 5 nitrogen and oxygen atoms in total. The van der Waals surface area contributed by atoms with E-state index in [1.165, 1.54) is 10.9 Å². The van der Waals surface area contributed by atoms with Gasteiger partial charge in [-0.25, -0.2) is 4.98 Å². The molecule has 0 saturated carbocycles. The number of phenols is 1. The zero-order valence-electron chi connectivity index (χ0n) is 13.2. The van der Waals surface area contributed by atoms with Crippen LogP contribution in [0.5, 0.6) is 5.75 Å². The summed E-state index contributed by atoms with van der Waals surface area (Å²) < 4.78 is 0. The molecule has 4 rings (SSSR count). The molecule has 4 aromatic rings. The van der Waals surface area contributed by atoms with E-state index < -0.39 is 0 Å². The van der Waals surface area contributed by atoms with Crippen molar-refractivity contribution in [1.29, 1.82) is 0 Å². The number of H-pyrrole nitrogens is 1. The summed E-state index contributed by atoms with van der Waals surface area (Å²) in [5.41, 5.74) is 1.42. The lowest BCUT2D eigenvalue weighted by atomic mass is 10.1. The number of rotatable bonds is 5. The topological polar surface area (TPSA) is 78.0 Å². The first kappa shape index (κ1) is 15.9. The summed E-state index contributed by atoms with van der Waals surface area (Å²) in [5, 5.41) is 17.0. The zero-order chi connectivity index (χ0) is 17.2. The average Bonchev–Trinajstić information content (AvgIpc) is 3.35. The third kappa shape index (κ3) is 3.16. The number of benzene rings is 1. The van der Waals surface area contributed by atoms with Gasteiger partial charge in [0, 0.05) is 11.4 Å². The van der Waals surface area contributed by atoms with Gasteiger partial charge >= 0.3 is 0 Å². The Labute approximate surface area is 152 Å². The van der Waals surface area contributed by atoms with Crippen molar-refractivity contribution in [2.24, 2.45) is 0 Å². The Balaban J connectivity index is 1.60. The van der Waals surface area contributed by atoms with Crippen molar-refractivity contribution >= 4 is 39.6 Å². The molecule has 0 radical (unpaired) electrons. The van der Waals surface area contributed by atoms with Gasteiger partial charge < -0.3 is 15.4 Å². The fourth-order valence-electron chi connectivity index (χ4n) is 2.64. The number of aromatic nitrogens is 2. The van der Waals surface area contributed by atoms with Gasteiger partial charge in [0.1, 0.15) is 22.6 Å². The van der Waals surface area contributed by atoms with Crippen LogP contribution in [-0.2, 0) is 6.42 Å². The number of nitrogens with zero attached hydrogens (tertiary/aromatic N) is 1. The molecule has 0 fully saturated rings. The number of hydrogen-bond acceptors (Lipinski definition) is 5. The van der Waals surface area contributed by atoms with Gasteiger partial charge in [0.25, 0.3) is 5.91 Å². The number of nitrogens with one attached hydrogen (secondary N) is 2. The number of imidazole rings is 1. The lowest BCUT2D eigenvalue weighted by Gasteiger charge is -2.05. The van der Waals surface area contributed by atoms with Gasteiger partial charge in [0.15, 0.2) is 0 Å². The standard InChI is InChI=1S/C18H15N3O2S2/c22-13-6-5-12(18(23)19-8-7-11-3-1-9-24-11)15-16(13)21-17(20-15)14-4-2-10-25-14/h1-6,9-10,22H,7-8H2,(H,19,23)(H,20,21). The second kappa shape index (κ2) is 6.70. The number of aromatic hydroxyl groups is 1. The molecule has 3 N–H and O–H groups in total. The molecule has 0 atom stereocenters. The fraction of sp³-hybridized carbons (Fsp3) is 0.111. The minimum absolute atomic E-state index is 0.0837. The van der Waals surface area contributed by atoms with Gasteiger partial charge in [0.2, 0.25) is 0 Å². The van der Waals surface area contributed by atoms with Gasteiger partial charge in [0.05, 0.1) is 10.4 Å². The molecular formula is C18H15N3O2S2. The fourth-order valence-corrected chi connectivity index (χ4v) is 4.02. The molecule has 1 amide bonds. The number of hydrogen-bond donors (Lipinski definition) is 3. The normalized spacial score (nSPS) is 11.0. The van der Waals surface area contributed by atoms with Crippen molar-refractivity contribution in [3.05, 3.63) is 57.6 Å². The molecule has 0 unspecified atom stereocenters. The number of phenolic OH excluding ortho intramolecular Hbond substituents is 1. The van der Waals surface area contributed by atoms with Crippen LogP contribution in [0.25, 0.3) is 21.7 Å². The van der Waals surface area contributed by atoms with Crippen molar-refractivity contribution in [1.82, 2.24) is 15.3 Å². The second-order valence-corrected chi connectivity index (χ2v) is 7.48. The van der Waals surface area contributed by atoms with Crippen molar-refractivity contribution in [3.8, 4) is 16.5 Å². The molecule has 0 aliphatic carbocycles. The molecule has 0 aliphatic rings. The Morgan fingerprint density at radius 2 is 2.00 bits per heavy atom. The SMILES string of the molecule is O=C(NCCc1cccs1)c1ccc(O)c2[nH]c(-c3cccs3)nc12. The van der Waals surface area contributed by atoms with E-state index in [4.69, 9.17) is 0 Å². The van der Waals surface area contributed by atoms with Crippen LogP contribution in [-0.4, -0.2) is 27.5 Å². The molecule has 1 aromatic carbocycles. The second-order valence-electron chi connectivity index (χ2n) is 5.50. The summed E-state index contributed by atoms with van der Waals surface area (Å²) in [5.74, 6) is 0.547. The molecule has 7 heteroatoms. The molecule has 0 bridgehead atoms. The largest absolute Gasteiger partial charge is 0.506 e. The van der Waals surface area contributed by atoms with Gasteiger partial charge in [-0.05, 0) is 41.4 Å². The predicted octanol–water partition coefficient (Wildman–Crippen LogP) is 4.03. The lowest BCUT2D eigenvalue weighted by molar-refractivity contribution is 0.0955. The number of carbonyl (C=O) groups is 1. The van der Waals surface area contributed by atoms with Crippen LogP contribution in [0.1, 0.15) is 15.2 Å². The number of aromatic amines is 1. The molecule has 0 spiro atoms. The maximum absolute atomic E-state index is 12.6. The molecule has 126 valence electrons. The lowest BCUT2D eigenvalue weighted by Crippen LogP contribution is -2.25. The van der Waals surface area contributed by atoms with Crippen molar-refractivity contribution in [3.63, 3.8) is 0 Å². The minimum atomic E-state index is -0.189. The molecule has 3 heterocycles. The third-order valence-electron chi connectivity index (χ3n) is 3.86. The van der Waals surface area contributed by atoms with Crippen LogP contribution in [0.15, 0.2) is 47.2 Å². The number of amides is 1. The molecule has 25 heavy (non-hydrogen) atoms. The smallest absolute Gasteiger partial charge is 0.253 e. The van der Waals surface area contributed by atoms with E-state index >= 15 is 0 Å². The molecular weight excluding hydrogens is 354 g/mol. The quantitative estimate of drug-likeness (QED) is 0.497. The Bertz CT molecular complexity index is 1000. The number of thiophene rings is 2. The average molecular weight is 369 g/mol. The Hall–Kier alpha value is -2.64. The minimum Gasteiger partial charge on any atom is -0.506 e. The van der Waals surface area contributed by atoms with E-state index in [-0.39, 0.29) is 11.7 Å². The summed E-state index contributed by atoms with van der Waals surface area (Å²) in [6.07, 6.45) is 0.797. The van der Waals surface area contributed by atoms with Crippen molar-refractivity contribution in [2.45, 2.75) is 6.42 Å². The summed E-state index contributed by atoms with van der Waals surface area (Å²) in [6.45, 7) is 0.559. The first-order valence-corrected chi connectivity index (χ1v) is 9.54. The van der Waals surface area contributed by atoms with E-state index in [1.807, 2.05) is 29.0 Å². The van der Waals surface area contributed by atoms with Crippen LogP contribution in [0, 0.1) is 0 Å². The molecule has 0 saturated heterocycles. The van der Waals surface area contributed by atoms with E-state index in [0.717, 1.165) is 11.3 Å². The Morgan fingerprint density at radius 3 is 2.76 bits per heavy atom. The van der Waals surface area contributed by atoms with Gasteiger partial charge in [-0.15, -0.1) is 22.7 Å². The highest BCUT2D eigenvalue weighted by Gasteiger charge is 2.17. The predicted molar refractivity (Wildman–Crippen MR) is 101 cm³/mol. The number of carbonyl (C=O) groups excluding carboxylic acids is 1. The van der Waals surface area contributed by atoms with E-state index in [0.29, 0.717) is 29.0 Å². The highest BCUT2D eigenvalue weighted by molar-refractivity contribution is 7.13. The van der Waals surface area contributed by atoms with E-state index in [9.17, 15) is 9.90 Å². The van der Waals surface area contributed by atoms with E-state index in [2.05, 4.69) is 21.4 Å². The zero-order valence-corrected chi connectivity index (χ0v) is 14.8. The third-order valence-corrected chi connectivity index (χ3v) is 5.67. The van der Waals surface area contributed by atoms with Crippen LogP contribution >= 0.6 is 22.7 Å². The highest BCUT2D eigenvalue weighted by atomic mass is 32.1. The van der Waals surface area contributed by atoms with Crippen LogP contribution in [0.3, 0.4) is 0 Å². The van der Waals surface area contributed by atoms with Crippen molar-refractivity contribution in [2.75, 3.05) is 6.54 Å². The van der Waals surface area contributed by atoms with Crippen LogP contribution in [0.4, 0.5) is 0 Å². The van der Waals surface area contributed by atoms with Gasteiger partial charge in [-0.3, -0.25) is 4.79 Å². The monoisotopic (exact) mass is 369 g/mol. The summed E-state index contributed by atoms with van der Waals surface area (Å²) >= 11 is 3.23. The first-order chi connectivity index (χ1) is 12.2. The summed E-state index contributed by atoms with van der Waals surface area (Å²) in [6, 6.07) is 11.1. The molecule has 0 aliphatic heterocycles. The van der Waals surface area contributed by atoms with Gasteiger partial charge in [-0.1, -0.05) is 12.1 Å². The van der Waals surface area contributed by atoms with Crippen LogP contribution < -0.4 is 5.32 Å². The van der Waals surface area contributed by atoms with Crippen molar-refractivity contribution < 1.29 is 9.90 Å². The summed E-state index contributed by atoms with van der Waals surface area (Å²) in [4.78, 5) is 22.4. The summed E-state index contributed by atoms with van der Waals surface area (Å²) in [7, 11) is 0. The number of fused-ring (bicyclic) bond motifs is 1. The Morgan fingerprint density at radius 1 is 1.16 bits per heavy atom. The Kier molecular flexibility index (Phi) is 4.25. The first-order valence-electron chi connectivity index (χ1n) is 7.78. The van der Waals surface area contributed by atoms with Gasteiger partial charge in [-0.2, -0.15) is 0 Å². The van der Waals surface area contributed by atoms with Crippen LogP contribution in [0.2, 0.25) is 0 Å².